The maximum Gasteiger partial charge on any atom is 0.0579 e. The smallest absolute Gasteiger partial charge is 0.0579 e. The standard InChI is InChI=1S/C90H90B48/c91-67(92)22-55(23-68(93)94)10-49(11-56(24-69(95)96)25-70(97)98)4-46(5-50(12-57(26-71(99)100)27-72(101)102)13-58(28-73(103)104)29-74(105)106)1-45(3-48(9-54(21-66(90(137)138)44-89(135)136)20-65(42-87(131)132)43-88(133)134)8-53(18-63(38-83(123)124)39-84(125)126)19-64(40-85(127)128)41-86(129)130)2-47(6-51(14-59(30-75(107)108)31-76(109)110)15-60(32-77(111)112)33-78(113)114)7-52(16-61(34-79(115)116)35-80(117)118)17-62(36-81(119)120)37-82(121)122/h1-90H. The number of rotatable bonds is 89. The molecular formula is C90H90B48. The zero-order chi connectivity index (χ0) is 106. The molecule has 0 aliphatic carbocycles. The van der Waals surface area contributed by atoms with Gasteiger partial charge in [0.25, 0.3) is 0 Å². The SMILES string of the molecule is [B]C([B])[CH]C([CH]C([B])[B])[CH]C([CH]C([CH]C([B])[B])[CH]C([B])[B])[CH]C([CH]C([CH]C([CH]C([B])[B])[CH]C([B])[B])[CH]C([CH]C([B])[B])[CH]C([B])[B])[CH]C([CH]C([CH]C([CH]C([CH]C([B])[B])[CH]C([B])[B])[CH]C([CH]C([B])[B])[CH]C([B])[B])[CH]C([CH]C([CH]C([B])[B])[CH]C([B])[B])[CH]C([CH]C([B])[B])[CH]C([B])[B])[CH]C([CH]C([CH]C([CH]C([B])[B])[CH]C([B])[B])[CH]C([CH]C([B])[B])[CH]C([B])[B])[CH]C([CH]C([CH]C([B])[B])[CH]C([B])[B])[CH]C([CH]C([B])[B])C([B])[B]. The van der Waals surface area contributed by atoms with E-state index in [1.807, 2.05) is 128 Å². The molecule has 0 aromatic rings. The van der Waals surface area contributed by atoms with Crippen molar-refractivity contribution in [1.29, 1.82) is 0 Å². The normalized spacial score (nSPS) is 14.1. The van der Waals surface area contributed by atoms with E-state index in [1.54, 1.807) is 154 Å². The molecule has 0 nitrogen and oxygen atoms in total. The second-order valence-corrected chi connectivity index (χ2v) is 35.0. The average Bonchev–Trinajstić information content (AvgIpc) is 0.835. The van der Waals surface area contributed by atoms with Crippen LogP contribution in [0.5, 0.6) is 0 Å². The summed E-state index contributed by atoms with van der Waals surface area (Å²) in [4.78, 5) is 0. The summed E-state index contributed by atoms with van der Waals surface area (Å²) in [7, 11) is 311. The van der Waals surface area contributed by atoms with E-state index in [9.17, 15) is 0 Å². The summed E-state index contributed by atoms with van der Waals surface area (Å²) in [6.45, 7) is 0. The molecule has 0 saturated heterocycles. The fourth-order valence-electron chi connectivity index (χ4n) is 15.7. The van der Waals surface area contributed by atoms with Crippen molar-refractivity contribution in [3.8, 4) is 0 Å². The highest BCUT2D eigenvalue weighted by Gasteiger charge is 2.41. The van der Waals surface area contributed by atoms with Crippen LogP contribution in [0.4, 0.5) is 0 Å². The van der Waals surface area contributed by atoms with Gasteiger partial charge in [-0.05, 0) is 413 Å². The van der Waals surface area contributed by atoms with Crippen molar-refractivity contribution in [2.24, 2.45) is 130 Å². The van der Waals surface area contributed by atoms with E-state index >= 15 is 0 Å². The molecule has 0 heterocycles. The highest BCUT2D eigenvalue weighted by molar-refractivity contribution is 6.45. The molecule has 0 fully saturated rings. The largest absolute Gasteiger partial charge is 0.106 e. The minimum absolute atomic E-state index is 0.825. The van der Waals surface area contributed by atoms with E-state index in [-0.39, 0.29) is 0 Å². The molecule has 0 N–H and O–H groups in total. The quantitative estimate of drug-likeness (QED) is 0.0813. The highest BCUT2D eigenvalue weighted by atomic mass is 14.4. The summed E-state index contributed by atoms with van der Waals surface area (Å²) in [6.07, 6.45) is 76.8. The fraction of sp³-hybridized carbons (Fsp3) is 0.511. The first-order chi connectivity index (χ1) is 64.0. The molecule has 3 unspecified atom stereocenters. The number of hydrogen-bond donors (Lipinski definition) is 0. The Morgan fingerprint density at radius 3 is 0.181 bits per heavy atom. The van der Waals surface area contributed by atoms with Crippen molar-refractivity contribution in [2.45, 2.75) is 137 Å². The molecule has 0 saturated carbocycles. The Bertz CT molecular complexity index is 2340. The lowest BCUT2D eigenvalue weighted by Crippen LogP contribution is -2.32. The molecule has 0 spiro atoms. The lowest BCUT2D eigenvalue weighted by Gasteiger charge is -2.39. The zero-order valence-corrected chi connectivity index (χ0v) is 79.7. The molecular weight excluding hydrogens is 1600 g/mol. The molecule has 48 heteroatoms. The van der Waals surface area contributed by atoms with E-state index in [4.69, 9.17) is 377 Å². The van der Waals surface area contributed by atoms with E-state index in [1.165, 1.54) is 0 Å². The van der Waals surface area contributed by atoms with Crippen molar-refractivity contribution < 1.29 is 0 Å². The van der Waals surface area contributed by atoms with Gasteiger partial charge in [-0.3, -0.25) is 0 Å². The van der Waals surface area contributed by atoms with Crippen molar-refractivity contribution >= 4 is 377 Å². The van der Waals surface area contributed by atoms with Crippen LogP contribution in [0.25, 0.3) is 0 Å². The molecule has 0 aliphatic heterocycles. The predicted octanol–water partition coefficient (Wildman–Crippen LogP) is 1.52. The van der Waals surface area contributed by atoms with Gasteiger partial charge in [-0.15, -0.1) is 137 Å². The Morgan fingerprint density at radius 1 is 0.0652 bits per heavy atom. The second-order valence-electron chi connectivity index (χ2n) is 35.0. The average molecular weight is 1690 g/mol. The summed E-state index contributed by atoms with van der Waals surface area (Å²) in [6, 6.07) is 0. The van der Waals surface area contributed by atoms with E-state index in [2.05, 4.69) is 0 Å². The topological polar surface area (TPSA) is 0 Å². The Balaban J connectivity index is 12.3. The summed E-state index contributed by atoms with van der Waals surface area (Å²) in [5, 5.41) is 0. The number of hydrogen-bond acceptors (Lipinski definition) is 0. The van der Waals surface area contributed by atoms with Gasteiger partial charge in [-0.2, -0.15) is 0 Å². The van der Waals surface area contributed by atoms with Crippen LogP contribution in [0.3, 0.4) is 0 Å². The Morgan fingerprint density at radius 2 is 0.123 bits per heavy atom. The Kier molecular flexibility index (Phi) is 80.9. The summed E-state index contributed by atoms with van der Waals surface area (Å²) < 4.78 is 0. The minimum Gasteiger partial charge on any atom is -0.106 e. The Labute approximate surface area is 919 Å². The summed E-state index contributed by atoms with van der Waals surface area (Å²) in [5.74, 6) is -20.1. The van der Waals surface area contributed by atoms with E-state index in [0.29, 0.717) is 0 Å². The van der Waals surface area contributed by atoms with Crippen molar-refractivity contribution in [2.75, 3.05) is 0 Å². The lowest BCUT2D eigenvalue weighted by molar-refractivity contribution is 0.457. The van der Waals surface area contributed by atoms with Gasteiger partial charge >= 0.3 is 0 Å². The summed E-state index contributed by atoms with van der Waals surface area (Å²) in [5.41, 5.74) is -26.2. The molecule has 594 valence electrons. The van der Waals surface area contributed by atoms with Crippen molar-refractivity contribution in [3.05, 3.63) is 283 Å². The fourth-order valence-corrected chi connectivity index (χ4v) is 15.7. The molecule has 138 heavy (non-hydrogen) atoms. The maximum atomic E-state index is 6.76. The van der Waals surface area contributed by atoms with Crippen LogP contribution in [0.2, 0.25) is 137 Å². The van der Waals surface area contributed by atoms with Crippen LogP contribution in [0.15, 0.2) is 0 Å². The first-order valence-electron chi connectivity index (χ1n) is 45.7. The first kappa shape index (κ1) is 141. The van der Waals surface area contributed by atoms with Gasteiger partial charge in [0.05, 0.1) is 377 Å². The van der Waals surface area contributed by atoms with Crippen LogP contribution in [0.1, 0.15) is 0 Å². The van der Waals surface area contributed by atoms with Gasteiger partial charge in [0.15, 0.2) is 0 Å². The molecule has 0 bridgehead atoms. The third-order valence-electron chi connectivity index (χ3n) is 20.0. The molecule has 140 radical (unpaired) electrons. The predicted molar refractivity (Wildman–Crippen MR) is 632 cm³/mol. The van der Waals surface area contributed by atoms with Crippen LogP contribution in [-0.2, 0) is 0 Å². The van der Waals surface area contributed by atoms with Gasteiger partial charge in [0, 0.05) is 0 Å². The van der Waals surface area contributed by atoms with Gasteiger partial charge in [-0.1, -0.05) is 0 Å². The summed E-state index contributed by atoms with van der Waals surface area (Å²) >= 11 is 0. The Hall–Kier alpha value is 3.12. The van der Waals surface area contributed by atoms with Crippen LogP contribution >= 0.6 is 0 Å². The van der Waals surface area contributed by atoms with E-state index in [0.717, 1.165) is 0 Å². The molecule has 0 aromatic carbocycles. The van der Waals surface area contributed by atoms with Gasteiger partial charge in [0.1, 0.15) is 0 Å². The highest BCUT2D eigenvalue weighted by Crippen LogP contribution is 2.49. The van der Waals surface area contributed by atoms with Crippen LogP contribution in [-0.4, -0.2) is 377 Å². The maximum absolute atomic E-state index is 6.76. The van der Waals surface area contributed by atoms with Crippen LogP contribution < -0.4 is 0 Å². The van der Waals surface area contributed by atoms with Crippen LogP contribution in [0, 0.1) is 413 Å². The molecule has 3 atom stereocenters. The zero-order valence-electron chi connectivity index (χ0n) is 79.7. The molecule has 0 rings (SSSR count). The van der Waals surface area contributed by atoms with Gasteiger partial charge in [0.2, 0.25) is 0 Å². The van der Waals surface area contributed by atoms with Gasteiger partial charge in [-0.25, -0.2) is 0 Å². The second kappa shape index (κ2) is 79.1. The third-order valence-corrected chi connectivity index (χ3v) is 20.0. The lowest BCUT2D eigenvalue weighted by atomic mass is 9.54. The minimum atomic E-state index is -1.18. The first-order valence-corrected chi connectivity index (χ1v) is 45.7. The van der Waals surface area contributed by atoms with Crippen molar-refractivity contribution in [1.82, 2.24) is 0 Å². The monoisotopic (exact) mass is 1700 g/mol. The van der Waals surface area contributed by atoms with Crippen molar-refractivity contribution in [3.63, 3.8) is 0 Å². The molecule has 0 aromatic heterocycles. The van der Waals surface area contributed by atoms with Gasteiger partial charge < -0.3 is 0 Å². The third kappa shape index (κ3) is 79.1. The molecule has 0 aliphatic rings. The van der Waals surface area contributed by atoms with E-state index < -0.39 is 267 Å². The molecule has 0 amide bonds.